The number of ether oxygens (including phenoxy) is 1. The Hall–Kier alpha value is -1.09. The Balaban J connectivity index is 1.88. The van der Waals surface area contributed by atoms with Crippen LogP contribution in [0.2, 0.25) is 0 Å². The lowest BCUT2D eigenvalue weighted by molar-refractivity contribution is 0.0699. The summed E-state index contributed by atoms with van der Waals surface area (Å²) in [6.07, 6.45) is 2.14. The van der Waals surface area contributed by atoms with E-state index in [1.807, 2.05) is 19.1 Å². The maximum atomic E-state index is 13.5. The molecule has 1 fully saturated rings. The van der Waals surface area contributed by atoms with E-state index >= 15 is 0 Å². The summed E-state index contributed by atoms with van der Waals surface area (Å²) in [5, 5.41) is 3.18. The monoisotopic (exact) mass is 223 g/mol. The molecule has 0 bridgehead atoms. The molecule has 0 amide bonds. The third-order valence-corrected chi connectivity index (χ3v) is 3.05. The van der Waals surface area contributed by atoms with E-state index in [1.165, 1.54) is 0 Å². The van der Waals surface area contributed by atoms with Crippen molar-refractivity contribution in [1.29, 1.82) is 0 Å². The lowest BCUT2D eigenvalue weighted by Gasteiger charge is -2.22. The van der Waals surface area contributed by atoms with E-state index in [9.17, 15) is 4.39 Å². The van der Waals surface area contributed by atoms with E-state index in [1.54, 1.807) is 6.07 Å². The largest absolute Gasteiger partial charge is 0.382 e. The van der Waals surface area contributed by atoms with Gasteiger partial charge in [-0.1, -0.05) is 6.07 Å². The van der Waals surface area contributed by atoms with Crippen LogP contribution in [0.1, 0.15) is 18.4 Å². The predicted molar refractivity (Wildman–Crippen MR) is 63.2 cm³/mol. The number of anilines is 1. The summed E-state index contributed by atoms with van der Waals surface area (Å²) in [6.45, 7) is 4.40. The van der Waals surface area contributed by atoms with E-state index in [2.05, 4.69) is 5.32 Å². The molecule has 0 atom stereocenters. The Bertz CT molecular complexity index is 348. The van der Waals surface area contributed by atoms with Crippen molar-refractivity contribution in [2.24, 2.45) is 5.92 Å². The van der Waals surface area contributed by atoms with Crippen LogP contribution in [0.4, 0.5) is 10.1 Å². The molecule has 0 unspecified atom stereocenters. The molecule has 1 saturated heterocycles. The van der Waals surface area contributed by atoms with Gasteiger partial charge in [-0.3, -0.25) is 0 Å². The number of halogens is 1. The summed E-state index contributed by atoms with van der Waals surface area (Å²) >= 11 is 0. The summed E-state index contributed by atoms with van der Waals surface area (Å²) in [7, 11) is 0. The Morgan fingerprint density at radius 3 is 2.81 bits per heavy atom. The predicted octanol–water partition coefficient (Wildman–Crippen LogP) is 2.97. The SMILES string of the molecule is Cc1ccc(NCC2CCOCC2)c(F)c1. The molecule has 88 valence electrons. The van der Waals surface area contributed by atoms with Crippen molar-refractivity contribution < 1.29 is 9.13 Å². The average Bonchev–Trinajstić information content (AvgIpc) is 2.29. The number of rotatable bonds is 3. The summed E-state index contributed by atoms with van der Waals surface area (Å²) in [5.41, 5.74) is 1.56. The molecule has 1 aliphatic rings. The van der Waals surface area contributed by atoms with Gasteiger partial charge in [0.1, 0.15) is 5.82 Å². The summed E-state index contributed by atoms with van der Waals surface area (Å²) in [5.74, 6) is 0.446. The topological polar surface area (TPSA) is 21.3 Å². The van der Waals surface area contributed by atoms with Crippen LogP contribution in [0.5, 0.6) is 0 Å². The van der Waals surface area contributed by atoms with Crippen molar-refractivity contribution in [2.45, 2.75) is 19.8 Å². The molecular formula is C13H18FNO. The van der Waals surface area contributed by atoms with E-state index in [-0.39, 0.29) is 5.82 Å². The third kappa shape index (κ3) is 2.95. The molecule has 1 N–H and O–H groups in total. The highest BCUT2D eigenvalue weighted by atomic mass is 19.1. The zero-order valence-electron chi connectivity index (χ0n) is 9.63. The van der Waals surface area contributed by atoms with Gasteiger partial charge < -0.3 is 10.1 Å². The highest BCUT2D eigenvalue weighted by Gasteiger charge is 2.13. The van der Waals surface area contributed by atoms with Gasteiger partial charge in [0.15, 0.2) is 0 Å². The van der Waals surface area contributed by atoms with Crippen molar-refractivity contribution in [3.05, 3.63) is 29.6 Å². The normalized spacial score (nSPS) is 17.4. The zero-order chi connectivity index (χ0) is 11.4. The molecule has 2 rings (SSSR count). The van der Waals surface area contributed by atoms with Crippen molar-refractivity contribution in [2.75, 3.05) is 25.1 Å². The second-order valence-electron chi connectivity index (χ2n) is 4.42. The molecule has 0 spiro atoms. The van der Waals surface area contributed by atoms with Crippen LogP contribution in [-0.2, 0) is 4.74 Å². The van der Waals surface area contributed by atoms with Gasteiger partial charge in [-0.05, 0) is 43.4 Å². The smallest absolute Gasteiger partial charge is 0.146 e. The summed E-state index contributed by atoms with van der Waals surface area (Å²) in [4.78, 5) is 0. The van der Waals surface area contributed by atoms with Gasteiger partial charge >= 0.3 is 0 Å². The standard InChI is InChI=1S/C13H18FNO/c1-10-2-3-13(12(14)8-10)15-9-11-4-6-16-7-5-11/h2-3,8,11,15H,4-7,9H2,1H3. The van der Waals surface area contributed by atoms with Gasteiger partial charge in [-0.15, -0.1) is 0 Å². The lowest BCUT2D eigenvalue weighted by atomic mass is 10.0. The minimum atomic E-state index is -0.160. The fraction of sp³-hybridized carbons (Fsp3) is 0.538. The number of aryl methyl sites for hydroxylation is 1. The maximum Gasteiger partial charge on any atom is 0.146 e. The number of hydrogen-bond acceptors (Lipinski definition) is 2. The van der Waals surface area contributed by atoms with Gasteiger partial charge in [0.05, 0.1) is 5.69 Å². The molecule has 0 saturated carbocycles. The Kier molecular flexibility index (Phi) is 3.78. The molecule has 2 nitrogen and oxygen atoms in total. The molecule has 1 aliphatic heterocycles. The molecule has 1 heterocycles. The zero-order valence-corrected chi connectivity index (χ0v) is 9.63. The highest BCUT2D eigenvalue weighted by molar-refractivity contribution is 5.46. The van der Waals surface area contributed by atoms with Gasteiger partial charge in [0.25, 0.3) is 0 Å². The maximum absolute atomic E-state index is 13.5. The molecule has 3 heteroatoms. The summed E-state index contributed by atoms with van der Waals surface area (Å²) < 4.78 is 18.8. The molecule has 0 aromatic heterocycles. The van der Waals surface area contributed by atoms with Crippen LogP contribution in [-0.4, -0.2) is 19.8 Å². The number of nitrogens with one attached hydrogen (secondary N) is 1. The lowest BCUT2D eigenvalue weighted by Crippen LogP contribution is -2.22. The van der Waals surface area contributed by atoms with Crippen molar-refractivity contribution in [1.82, 2.24) is 0 Å². The van der Waals surface area contributed by atoms with Crippen LogP contribution in [0.25, 0.3) is 0 Å². The molecular weight excluding hydrogens is 205 g/mol. The second-order valence-corrected chi connectivity index (χ2v) is 4.42. The summed E-state index contributed by atoms with van der Waals surface area (Å²) in [6, 6.07) is 5.30. The van der Waals surface area contributed by atoms with Crippen molar-refractivity contribution in [3.8, 4) is 0 Å². The van der Waals surface area contributed by atoms with E-state index in [0.29, 0.717) is 11.6 Å². The van der Waals surface area contributed by atoms with E-state index in [4.69, 9.17) is 4.74 Å². The van der Waals surface area contributed by atoms with E-state index < -0.39 is 0 Å². The minimum absolute atomic E-state index is 0.160. The Morgan fingerprint density at radius 1 is 1.38 bits per heavy atom. The quantitative estimate of drug-likeness (QED) is 0.850. The van der Waals surface area contributed by atoms with Crippen molar-refractivity contribution in [3.63, 3.8) is 0 Å². The molecule has 16 heavy (non-hydrogen) atoms. The van der Waals surface area contributed by atoms with E-state index in [0.717, 1.165) is 38.2 Å². The van der Waals surface area contributed by atoms with Crippen LogP contribution in [0, 0.1) is 18.7 Å². The first kappa shape index (κ1) is 11.4. The second kappa shape index (κ2) is 5.30. The third-order valence-electron chi connectivity index (χ3n) is 3.05. The average molecular weight is 223 g/mol. The van der Waals surface area contributed by atoms with Gasteiger partial charge in [0, 0.05) is 19.8 Å². The number of hydrogen-bond donors (Lipinski definition) is 1. The van der Waals surface area contributed by atoms with Gasteiger partial charge in [-0.2, -0.15) is 0 Å². The first-order valence-corrected chi connectivity index (χ1v) is 5.83. The van der Waals surface area contributed by atoms with Crippen molar-refractivity contribution >= 4 is 5.69 Å². The molecule has 0 radical (unpaired) electrons. The molecule has 0 aliphatic carbocycles. The highest BCUT2D eigenvalue weighted by Crippen LogP contribution is 2.19. The van der Waals surface area contributed by atoms with Crippen LogP contribution < -0.4 is 5.32 Å². The first-order valence-electron chi connectivity index (χ1n) is 5.83. The minimum Gasteiger partial charge on any atom is -0.382 e. The molecule has 1 aromatic rings. The Morgan fingerprint density at radius 2 is 2.12 bits per heavy atom. The van der Waals surface area contributed by atoms with Crippen LogP contribution >= 0.6 is 0 Å². The number of benzene rings is 1. The molecule has 1 aromatic carbocycles. The fourth-order valence-electron chi connectivity index (χ4n) is 1.97. The van der Waals surface area contributed by atoms with Gasteiger partial charge in [0.2, 0.25) is 0 Å². The van der Waals surface area contributed by atoms with Crippen LogP contribution in [0.3, 0.4) is 0 Å². The van der Waals surface area contributed by atoms with Crippen LogP contribution in [0.15, 0.2) is 18.2 Å². The Labute approximate surface area is 95.8 Å². The first-order chi connectivity index (χ1) is 7.75. The fourth-order valence-corrected chi connectivity index (χ4v) is 1.97. The van der Waals surface area contributed by atoms with Gasteiger partial charge in [-0.25, -0.2) is 4.39 Å².